The fourth-order valence-electron chi connectivity index (χ4n) is 2.07. The van der Waals surface area contributed by atoms with Crippen LogP contribution in [0.4, 0.5) is 0 Å². The lowest BCUT2D eigenvalue weighted by molar-refractivity contribution is -0.131. The molecule has 4 heteroatoms. The number of halogens is 1. The maximum Gasteiger partial charge on any atom is 0.222 e. The van der Waals surface area contributed by atoms with Crippen LogP contribution in [0.2, 0.25) is 4.34 Å². The highest BCUT2D eigenvalue weighted by molar-refractivity contribution is 7.16. The summed E-state index contributed by atoms with van der Waals surface area (Å²) in [6.45, 7) is 4.00. The van der Waals surface area contributed by atoms with Gasteiger partial charge < -0.3 is 4.90 Å². The zero-order valence-corrected chi connectivity index (χ0v) is 12.4. The first-order valence-corrected chi connectivity index (χ1v) is 7.90. The van der Waals surface area contributed by atoms with E-state index in [4.69, 9.17) is 11.6 Å². The Hall–Kier alpha value is -0.540. The van der Waals surface area contributed by atoms with E-state index in [1.807, 2.05) is 17.0 Å². The topological polar surface area (TPSA) is 20.3 Å². The Kier molecular flexibility index (Phi) is 5.07. The predicted octanol–water partition coefficient (Wildman–Crippen LogP) is 3.98. The van der Waals surface area contributed by atoms with Crippen LogP contribution in [0, 0.1) is 5.92 Å². The zero-order chi connectivity index (χ0) is 13.0. The molecular formula is C14H20ClNOS. The zero-order valence-electron chi connectivity index (χ0n) is 10.8. The van der Waals surface area contributed by atoms with Gasteiger partial charge in [-0.1, -0.05) is 18.5 Å². The monoisotopic (exact) mass is 285 g/mol. The van der Waals surface area contributed by atoms with Gasteiger partial charge in [0.15, 0.2) is 0 Å². The van der Waals surface area contributed by atoms with Crippen molar-refractivity contribution in [1.82, 2.24) is 4.90 Å². The van der Waals surface area contributed by atoms with E-state index < -0.39 is 0 Å². The third-order valence-corrected chi connectivity index (χ3v) is 4.53. The summed E-state index contributed by atoms with van der Waals surface area (Å²) >= 11 is 7.46. The number of hydrogen-bond acceptors (Lipinski definition) is 2. The molecule has 0 bridgehead atoms. The third kappa shape index (κ3) is 4.29. The Bertz CT molecular complexity index is 400. The highest BCUT2D eigenvalue weighted by atomic mass is 35.5. The Balaban J connectivity index is 1.80. The molecule has 0 radical (unpaired) electrons. The molecule has 1 aliphatic rings. The van der Waals surface area contributed by atoms with Crippen LogP contribution < -0.4 is 0 Å². The van der Waals surface area contributed by atoms with Crippen LogP contribution in [0.5, 0.6) is 0 Å². The number of carbonyl (C=O) groups excluding carboxylic acids is 1. The largest absolute Gasteiger partial charge is 0.342 e. The second-order valence-corrected chi connectivity index (χ2v) is 6.79. The number of rotatable bonds is 7. The van der Waals surface area contributed by atoms with Crippen molar-refractivity contribution in [2.75, 3.05) is 13.1 Å². The minimum absolute atomic E-state index is 0.299. The number of nitrogens with zero attached hydrogens (tertiary/aromatic N) is 1. The lowest BCUT2D eigenvalue weighted by Gasteiger charge is -2.21. The van der Waals surface area contributed by atoms with E-state index in [-0.39, 0.29) is 0 Å². The minimum atomic E-state index is 0.299. The first-order chi connectivity index (χ1) is 8.69. The molecule has 1 amide bonds. The van der Waals surface area contributed by atoms with Gasteiger partial charge in [0.05, 0.1) is 4.34 Å². The van der Waals surface area contributed by atoms with Crippen LogP contribution >= 0.6 is 22.9 Å². The quantitative estimate of drug-likeness (QED) is 0.742. The molecule has 0 N–H and O–H groups in total. The van der Waals surface area contributed by atoms with Crippen molar-refractivity contribution in [1.29, 1.82) is 0 Å². The second kappa shape index (κ2) is 6.58. The van der Waals surface area contributed by atoms with E-state index in [1.165, 1.54) is 17.7 Å². The molecule has 100 valence electrons. The van der Waals surface area contributed by atoms with Crippen molar-refractivity contribution in [3.8, 4) is 0 Å². The molecule has 2 rings (SSSR count). The van der Waals surface area contributed by atoms with Gasteiger partial charge in [0.2, 0.25) is 5.91 Å². The summed E-state index contributed by atoms with van der Waals surface area (Å²) in [6.07, 6.45) is 5.08. The Morgan fingerprint density at radius 1 is 1.50 bits per heavy atom. The summed E-state index contributed by atoms with van der Waals surface area (Å²) in [5, 5.41) is 0. The molecule has 0 spiro atoms. The molecule has 0 aliphatic heterocycles. The number of thiophene rings is 1. The molecule has 1 aromatic rings. The van der Waals surface area contributed by atoms with E-state index in [0.717, 1.165) is 36.2 Å². The van der Waals surface area contributed by atoms with Crippen LogP contribution in [0.15, 0.2) is 12.1 Å². The van der Waals surface area contributed by atoms with Gasteiger partial charge in [0, 0.05) is 24.4 Å². The fraction of sp³-hybridized carbons (Fsp3) is 0.643. The van der Waals surface area contributed by atoms with Crippen molar-refractivity contribution in [3.05, 3.63) is 21.3 Å². The number of hydrogen-bond donors (Lipinski definition) is 0. The molecule has 0 aromatic carbocycles. The number of carbonyl (C=O) groups is 1. The van der Waals surface area contributed by atoms with Crippen molar-refractivity contribution in [2.24, 2.45) is 5.92 Å². The highest BCUT2D eigenvalue weighted by Gasteiger charge is 2.26. The maximum atomic E-state index is 12.2. The van der Waals surface area contributed by atoms with E-state index in [2.05, 4.69) is 6.92 Å². The predicted molar refractivity (Wildman–Crippen MR) is 77.2 cm³/mol. The number of aryl methyl sites for hydroxylation is 1. The highest BCUT2D eigenvalue weighted by Crippen LogP contribution is 2.30. The van der Waals surface area contributed by atoms with Crippen LogP contribution in [0.1, 0.15) is 37.5 Å². The van der Waals surface area contributed by atoms with E-state index in [1.54, 1.807) is 11.3 Å². The van der Waals surface area contributed by atoms with Gasteiger partial charge in [-0.2, -0.15) is 0 Å². The summed E-state index contributed by atoms with van der Waals surface area (Å²) < 4.78 is 0.806. The van der Waals surface area contributed by atoms with Crippen LogP contribution in [0.3, 0.4) is 0 Å². The fourth-order valence-corrected chi connectivity index (χ4v) is 3.16. The van der Waals surface area contributed by atoms with E-state index in [9.17, 15) is 4.79 Å². The molecule has 1 heterocycles. The molecule has 0 saturated heterocycles. The van der Waals surface area contributed by atoms with Gasteiger partial charge in [-0.3, -0.25) is 4.79 Å². The van der Waals surface area contributed by atoms with Crippen LogP contribution in [-0.2, 0) is 11.2 Å². The Labute approximate surface area is 118 Å². The minimum Gasteiger partial charge on any atom is -0.342 e. The number of amides is 1. The normalized spacial score (nSPS) is 14.8. The lowest BCUT2D eigenvalue weighted by Crippen LogP contribution is -2.33. The SMILES string of the molecule is CCCN(CC1CC1)C(=O)CCc1ccc(Cl)s1. The summed E-state index contributed by atoms with van der Waals surface area (Å²) in [4.78, 5) is 15.4. The smallest absolute Gasteiger partial charge is 0.222 e. The molecule has 1 saturated carbocycles. The van der Waals surface area contributed by atoms with Crippen molar-refractivity contribution in [2.45, 2.75) is 39.0 Å². The first kappa shape index (κ1) is 13.9. The van der Waals surface area contributed by atoms with Crippen molar-refractivity contribution < 1.29 is 4.79 Å². The molecule has 1 fully saturated rings. The van der Waals surface area contributed by atoms with Crippen molar-refractivity contribution in [3.63, 3.8) is 0 Å². The van der Waals surface area contributed by atoms with E-state index in [0.29, 0.717) is 12.3 Å². The van der Waals surface area contributed by atoms with Crippen molar-refractivity contribution >= 4 is 28.8 Å². The lowest BCUT2D eigenvalue weighted by atomic mass is 10.2. The molecule has 1 aliphatic carbocycles. The third-order valence-electron chi connectivity index (χ3n) is 3.24. The second-order valence-electron chi connectivity index (χ2n) is 4.99. The average molecular weight is 286 g/mol. The van der Waals surface area contributed by atoms with Crippen LogP contribution in [-0.4, -0.2) is 23.9 Å². The summed E-state index contributed by atoms with van der Waals surface area (Å²) in [6, 6.07) is 3.92. The van der Waals surface area contributed by atoms with E-state index >= 15 is 0 Å². The van der Waals surface area contributed by atoms with Gasteiger partial charge in [-0.05, 0) is 43.7 Å². The van der Waals surface area contributed by atoms with Gasteiger partial charge in [0.25, 0.3) is 0 Å². The molecule has 2 nitrogen and oxygen atoms in total. The first-order valence-electron chi connectivity index (χ1n) is 6.71. The van der Waals surface area contributed by atoms with Gasteiger partial charge >= 0.3 is 0 Å². The molecule has 1 aromatic heterocycles. The van der Waals surface area contributed by atoms with Gasteiger partial charge in [-0.25, -0.2) is 0 Å². The Morgan fingerprint density at radius 3 is 2.83 bits per heavy atom. The van der Waals surface area contributed by atoms with Gasteiger partial charge in [-0.15, -0.1) is 11.3 Å². The molecular weight excluding hydrogens is 266 g/mol. The summed E-state index contributed by atoms with van der Waals surface area (Å²) in [5.74, 6) is 1.07. The summed E-state index contributed by atoms with van der Waals surface area (Å²) in [7, 11) is 0. The maximum absolute atomic E-state index is 12.2. The molecule has 0 atom stereocenters. The average Bonchev–Trinajstić information content (AvgIpc) is 3.07. The molecule has 0 unspecified atom stereocenters. The van der Waals surface area contributed by atoms with Gasteiger partial charge in [0.1, 0.15) is 0 Å². The summed E-state index contributed by atoms with van der Waals surface area (Å²) in [5.41, 5.74) is 0. The standard InChI is InChI=1S/C14H20ClNOS/c1-2-9-16(10-11-3-4-11)14(17)8-6-12-5-7-13(15)18-12/h5,7,11H,2-4,6,8-10H2,1H3. The molecule has 18 heavy (non-hydrogen) atoms. The van der Waals surface area contributed by atoms with Crippen LogP contribution in [0.25, 0.3) is 0 Å². The Morgan fingerprint density at radius 2 is 2.28 bits per heavy atom.